The quantitative estimate of drug-likeness (QED) is 0.394. The van der Waals surface area contributed by atoms with E-state index in [1.165, 1.54) is 17.0 Å². The molecule has 0 radical (unpaired) electrons. The zero-order valence-electron chi connectivity index (χ0n) is 19.7. The standard InChI is InChI=1S/C26H31FN4O3/c1-3-4-6-11-26(33)30(16-17-34-2)19-25(32)28-24-18-23(20-9-7-5-8-10-20)29-31(24)22-14-12-21(27)13-15-22/h5,7-10,12-15,18H,3-4,6,11,16-17,19H2,1-2H3,(H,28,32). The van der Waals surface area contributed by atoms with Crippen LogP contribution in [0.1, 0.15) is 32.6 Å². The minimum absolute atomic E-state index is 0.0716. The summed E-state index contributed by atoms with van der Waals surface area (Å²) in [7, 11) is 1.56. The van der Waals surface area contributed by atoms with Crippen LogP contribution in [0.2, 0.25) is 0 Å². The Morgan fingerprint density at radius 1 is 1.09 bits per heavy atom. The summed E-state index contributed by atoms with van der Waals surface area (Å²) in [6, 6.07) is 17.2. The molecule has 0 aliphatic carbocycles. The Bertz CT molecular complexity index is 1070. The summed E-state index contributed by atoms with van der Waals surface area (Å²) in [5, 5.41) is 7.50. The molecule has 180 valence electrons. The molecular formula is C26H31FN4O3. The maximum absolute atomic E-state index is 13.5. The molecule has 2 amide bonds. The first-order valence-corrected chi connectivity index (χ1v) is 11.5. The van der Waals surface area contributed by atoms with E-state index >= 15 is 0 Å². The molecule has 7 nitrogen and oxygen atoms in total. The first kappa shape index (κ1) is 25.1. The smallest absolute Gasteiger partial charge is 0.245 e. The van der Waals surface area contributed by atoms with Crippen molar-refractivity contribution < 1.29 is 18.7 Å². The van der Waals surface area contributed by atoms with Gasteiger partial charge in [0.2, 0.25) is 11.8 Å². The number of hydrogen-bond donors (Lipinski definition) is 1. The van der Waals surface area contributed by atoms with Crippen LogP contribution in [0.25, 0.3) is 16.9 Å². The molecule has 3 aromatic rings. The number of halogens is 1. The van der Waals surface area contributed by atoms with Crippen LogP contribution in [0, 0.1) is 5.82 Å². The largest absolute Gasteiger partial charge is 0.383 e. The number of ether oxygens (including phenoxy) is 1. The maximum atomic E-state index is 13.5. The van der Waals surface area contributed by atoms with Crippen molar-refractivity contribution in [1.29, 1.82) is 0 Å². The van der Waals surface area contributed by atoms with Gasteiger partial charge in [0.15, 0.2) is 0 Å². The Morgan fingerprint density at radius 2 is 1.82 bits per heavy atom. The predicted octanol–water partition coefficient (Wildman–Crippen LogP) is 4.67. The number of nitrogens with zero attached hydrogens (tertiary/aromatic N) is 3. The molecule has 0 saturated carbocycles. The van der Waals surface area contributed by atoms with Crippen LogP contribution in [-0.2, 0) is 14.3 Å². The van der Waals surface area contributed by atoms with Crippen molar-refractivity contribution in [1.82, 2.24) is 14.7 Å². The summed E-state index contributed by atoms with van der Waals surface area (Å²) in [4.78, 5) is 27.1. The third-order valence-corrected chi connectivity index (χ3v) is 5.36. The van der Waals surface area contributed by atoms with E-state index < -0.39 is 0 Å². The number of hydrogen-bond acceptors (Lipinski definition) is 4. The first-order valence-electron chi connectivity index (χ1n) is 11.5. The number of carbonyl (C=O) groups is 2. The van der Waals surface area contributed by atoms with E-state index in [0.29, 0.717) is 36.8 Å². The Labute approximate surface area is 199 Å². The van der Waals surface area contributed by atoms with E-state index in [-0.39, 0.29) is 24.2 Å². The van der Waals surface area contributed by atoms with Gasteiger partial charge in [-0.3, -0.25) is 9.59 Å². The summed E-state index contributed by atoms with van der Waals surface area (Å²) >= 11 is 0. The van der Waals surface area contributed by atoms with Gasteiger partial charge in [-0.05, 0) is 30.7 Å². The highest BCUT2D eigenvalue weighted by Gasteiger charge is 2.19. The molecule has 0 aliphatic rings. The van der Waals surface area contributed by atoms with Crippen molar-refractivity contribution in [3.05, 3.63) is 66.5 Å². The lowest BCUT2D eigenvalue weighted by atomic mass is 10.1. The number of benzene rings is 2. The van der Waals surface area contributed by atoms with Crippen LogP contribution < -0.4 is 5.32 Å². The average Bonchev–Trinajstić information content (AvgIpc) is 3.26. The van der Waals surface area contributed by atoms with Crippen LogP contribution in [0.4, 0.5) is 10.2 Å². The average molecular weight is 467 g/mol. The van der Waals surface area contributed by atoms with E-state index in [9.17, 15) is 14.0 Å². The lowest BCUT2D eigenvalue weighted by Gasteiger charge is -2.22. The number of unbranched alkanes of at least 4 members (excludes halogenated alkanes) is 2. The van der Waals surface area contributed by atoms with Crippen LogP contribution in [0.15, 0.2) is 60.7 Å². The van der Waals surface area contributed by atoms with E-state index in [1.54, 1.807) is 30.0 Å². The zero-order chi connectivity index (χ0) is 24.3. The van der Waals surface area contributed by atoms with Gasteiger partial charge in [-0.2, -0.15) is 5.10 Å². The predicted molar refractivity (Wildman–Crippen MR) is 130 cm³/mol. The summed E-state index contributed by atoms with van der Waals surface area (Å²) in [6.45, 7) is 2.66. The van der Waals surface area contributed by atoms with Gasteiger partial charge in [0, 0.05) is 31.7 Å². The lowest BCUT2D eigenvalue weighted by Crippen LogP contribution is -2.40. The highest BCUT2D eigenvalue weighted by Crippen LogP contribution is 2.25. The number of aromatic nitrogens is 2. The SMILES string of the molecule is CCCCCC(=O)N(CCOC)CC(=O)Nc1cc(-c2ccccc2)nn1-c1ccc(F)cc1. The maximum Gasteiger partial charge on any atom is 0.245 e. The van der Waals surface area contributed by atoms with Crippen molar-refractivity contribution in [3.8, 4) is 16.9 Å². The van der Waals surface area contributed by atoms with Gasteiger partial charge in [-0.25, -0.2) is 9.07 Å². The van der Waals surface area contributed by atoms with Crippen LogP contribution in [-0.4, -0.2) is 53.3 Å². The molecule has 3 rings (SSSR count). The van der Waals surface area contributed by atoms with Gasteiger partial charge >= 0.3 is 0 Å². The van der Waals surface area contributed by atoms with Crippen LogP contribution in [0.5, 0.6) is 0 Å². The van der Waals surface area contributed by atoms with Gasteiger partial charge in [-0.15, -0.1) is 0 Å². The second-order valence-corrected chi connectivity index (χ2v) is 7.98. The minimum Gasteiger partial charge on any atom is -0.383 e. The van der Waals surface area contributed by atoms with Crippen molar-refractivity contribution in [2.75, 3.05) is 32.1 Å². The number of methoxy groups -OCH3 is 1. The second kappa shape index (κ2) is 12.6. The second-order valence-electron chi connectivity index (χ2n) is 7.98. The Balaban J connectivity index is 1.81. The Morgan fingerprint density at radius 3 is 2.50 bits per heavy atom. The van der Waals surface area contributed by atoms with Crippen molar-refractivity contribution in [3.63, 3.8) is 0 Å². The van der Waals surface area contributed by atoms with E-state index in [4.69, 9.17) is 4.74 Å². The molecule has 0 fully saturated rings. The van der Waals surface area contributed by atoms with E-state index in [2.05, 4.69) is 17.3 Å². The van der Waals surface area contributed by atoms with Crippen LogP contribution in [0.3, 0.4) is 0 Å². The Hall–Kier alpha value is -3.52. The molecule has 0 spiro atoms. The van der Waals surface area contributed by atoms with Gasteiger partial charge in [0.1, 0.15) is 11.6 Å². The number of anilines is 1. The van der Waals surface area contributed by atoms with E-state index in [0.717, 1.165) is 24.8 Å². The highest BCUT2D eigenvalue weighted by molar-refractivity contribution is 5.94. The van der Waals surface area contributed by atoms with Gasteiger partial charge in [0.25, 0.3) is 0 Å². The molecular weight excluding hydrogens is 435 g/mol. The normalized spacial score (nSPS) is 10.8. The first-order chi connectivity index (χ1) is 16.5. The fourth-order valence-corrected chi connectivity index (χ4v) is 3.53. The molecule has 0 unspecified atom stereocenters. The molecule has 1 heterocycles. The number of rotatable bonds is 12. The van der Waals surface area contributed by atoms with E-state index in [1.807, 2.05) is 30.3 Å². The molecule has 2 aromatic carbocycles. The lowest BCUT2D eigenvalue weighted by molar-refractivity contribution is -0.135. The van der Waals surface area contributed by atoms with Crippen molar-refractivity contribution in [2.45, 2.75) is 32.6 Å². The van der Waals surface area contributed by atoms with Crippen molar-refractivity contribution in [2.24, 2.45) is 0 Å². The highest BCUT2D eigenvalue weighted by atomic mass is 19.1. The van der Waals surface area contributed by atoms with Gasteiger partial charge in [0.05, 0.1) is 24.5 Å². The monoisotopic (exact) mass is 466 g/mol. The fourth-order valence-electron chi connectivity index (χ4n) is 3.53. The molecule has 0 atom stereocenters. The number of amides is 2. The third kappa shape index (κ3) is 6.99. The van der Waals surface area contributed by atoms with Crippen molar-refractivity contribution >= 4 is 17.6 Å². The van der Waals surface area contributed by atoms with Gasteiger partial charge in [-0.1, -0.05) is 50.1 Å². The topological polar surface area (TPSA) is 76.5 Å². The van der Waals surface area contributed by atoms with Gasteiger partial charge < -0.3 is 15.0 Å². The molecule has 34 heavy (non-hydrogen) atoms. The summed E-state index contributed by atoms with van der Waals surface area (Å²) in [6.07, 6.45) is 3.17. The molecule has 0 bridgehead atoms. The molecule has 0 saturated heterocycles. The fraction of sp³-hybridized carbons (Fsp3) is 0.346. The third-order valence-electron chi connectivity index (χ3n) is 5.36. The summed E-state index contributed by atoms with van der Waals surface area (Å²) < 4.78 is 20.1. The number of nitrogens with one attached hydrogen (secondary N) is 1. The molecule has 1 aromatic heterocycles. The summed E-state index contributed by atoms with van der Waals surface area (Å²) in [5.41, 5.74) is 2.14. The zero-order valence-corrected chi connectivity index (χ0v) is 19.7. The number of carbonyl (C=O) groups excluding carboxylic acids is 2. The summed E-state index contributed by atoms with van der Waals surface area (Å²) in [5.74, 6) is -0.346. The Kier molecular flexibility index (Phi) is 9.34. The molecule has 0 aliphatic heterocycles. The molecule has 1 N–H and O–H groups in total. The van der Waals surface area contributed by atoms with Crippen LogP contribution >= 0.6 is 0 Å². The minimum atomic E-state index is -0.361. The molecule has 8 heteroatoms.